The summed E-state index contributed by atoms with van der Waals surface area (Å²) >= 11 is 6.42. The molecule has 0 spiro atoms. The van der Waals surface area contributed by atoms with E-state index in [9.17, 15) is 13.2 Å². The average Bonchev–Trinajstić information content (AvgIpc) is 2.73. The van der Waals surface area contributed by atoms with Gasteiger partial charge in [-0.15, -0.1) is 0 Å². The highest BCUT2D eigenvalue weighted by Crippen LogP contribution is 2.26. The highest BCUT2D eigenvalue weighted by molar-refractivity contribution is 7.92. The Kier molecular flexibility index (Phi) is 6.01. The molecule has 0 unspecified atom stereocenters. The number of aromatic nitrogens is 2. The Bertz CT molecular complexity index is 1540. The van der Waals surface area contributed by atoms with E-state index < -0.39 is 15.6 Å². The van der Waals surface area contributed by atoms with Crippen LogP contribution in [0.5, 0.6) is 0 Å². The lowest BCUT2D eigenvalue weighted by molar-refractivity contribution is 0.560. The van der Waals surface area contributed by atoms with Crippen molar-refractivity contribution in [2.24, 2.45) is 4.99 Å². The number of benzene rings is 2. The van der Waals surface area contributed by atoms with Crippen LogP contribution < -0.4 is 10.3 Å². The average molecular weight is 483 g/mol. The highest BCUT2D eigenvalue weighted by Gasteiger charge is 2.16. The van der Waals surface area contributed by atoms with Gasteiger partial charge < -0.3 is 4.42 Å². The van der Waals surface area contributed by atoms with Crippen molar-refractivity contribution in [2.75, 3.05) is 4.72 Å². The number of sulfonamides is 1. The number of fused-ring (bicyclic) bond motifs is 1. The number of nitrogens with one attached hydrogen (secondary N) is 1. The van der Waals surface area contributed by atoms with Gasteiger partial charge in [0, 0.05) is 23.0 Å². The summed E-state index contributed by atoms with van der Waals surface area (Å²) in [7, 11) is -3.89. The molecule has 0 fully saturated rings. The number of aliphatic imine (C=N–C) groups is 1. The molecule has 0 bridgehead atoms. The monoisotopic (exact) mass is 482 g/mol. The summed E-state index contributed by atoms with van der Waals surface area (Å²) in [6.07, 6.45) is 1.31. The third-order valence-electron chi connectivity index (χ3n) is 4.73. The Morgan fingerprint density at radius 1 is 1.00 bits per heavy atom. The Morgan fingerprint density at radius 3 is 2.33 bits per heavy atom. The van der Waals surface area contributed by atoms with Crippen LogP contribution in [0.3, 0.4) is 0 Å². The maximum Gasteiger partial charge on any atom is 0.346 e. The van der Waals surface area contributed by atoms with Crippen LogP contribution in [0.2, 0.25) is 5.02 Å². The van der Waals surface area contributed by atoms with Gasteiger partial charge in [-0.3, -0.25) is 4.99 Å². The first-order valence-electron chi connectivity index (χ1n) is 9.84. The fourth-order valence-electron chi connectivity index (χ4n) is 3.20. The quantitative estimate of drug-likeness (QED) is 0.325. The molecule has 4 aromatic rings. The third kappa shape index (κ3) is 4.94. The number of nitrogens with zero attached hydrogens (tertiary/aromatic N) is 3. The Morgan fingerprint density at radius 2 is 1.67 bits per heavy atom. The molecule has 0 amide bonds. The van der Waals surface area contributed by atoms with Crippen molar-refractivity contribution in [3.8, 4) is 0 Å². The van der Waals surface area contributed by atoms with Crippen LogP contribution >= 0.6 is 11.6 Å². The fourth-order valence-corrected chi connectivity index (χ4v) is 4.42. The van der Waals surface area contributed by atoms with Gasteiger partial charge in [-0.05, 0) is 63.2 Å². The topological polar surface area (TPSA) is 115 Å². The summed E-state index contributed by atoms with van der Waals surface area (Å²) in [4.78, 5) is 24.8. The van der Waals surface area contributed by atoms with E-state index in [2.05, 4.69) is 19.7 Å². The lowest BCUT2D eigenvalue weighted by Gasteiger charge is -2.08. The molecule has 0 aliphatic carbocycles. The normalized spacial score (nSPS) is 11.9. The second kappa shape index (κ2) is 8.76. The van der Waals surface area contributed by atoms with Crippen LogP contribution in [-0.4, -0.2) is 24.6 Å². The first kappa shape index (κ1) is 22.6. The Balaban J connectivity index is 1.59. The number of hydrogen-bond acceptors (Lipinski definition) is 7. The molecule has 4 rings (SSSR count). The maximum atomic E-state index is 12.7. The molecule has 2 aromatic heterocycles. The van der Waals surface area contributed by atoms with Crippen LogP contribution in [0.15, 0.2) is 67.6 Å². The molecule has 1 N–H and O–H groups in total. The van der Waals surface area contributed by atoms with Gasteiger partial charge >= 0.3 is 5.63 Å². The minimum absolute atomic E-state index is 0.00232. The molecule has 0 atom stereocenters. The van der Waals surface area contributed by atoms with E-state index in [4.69, 9.17) is 16.0 Å². The molecular weight excluding hydrogens is 464 g/mol. The van der Waals surface area contributed by atoms with Gasteiger partial charge in [0.1, 0.15) is 5.58 Å². The largest absolute Gasteiger partial charge is 0.422 e. The van der Waals surface area contributed by atoms with Crippen LogP contribution in [0.4, 0.5) is 11.6 Å². The lowest BCUT2D eigenvalue weighted by atomic mass is 10.1. The minimum Gasteiger partial charge on any atom is -0.422 e. The molecule has 33 heavy (non-hydrogen) atoms. The molecule has 8 nitrogen and oxygen atoms in total. The zero-order valence-electron chi connectivity index (χ0n) is 18.0. The predicted molar refractivity (Wildman–Crippen MR) is 128 cm³/mol. The standard InChI is InChI=1S/C23H19ClN4O4S/c1-13-4-9-20-18(10-13)21(24)19(22(29)32-20)12-25-16-5-7-17(8-6-16)33(30,31)28-23-26-14(2)11-15(3)27-23/h4-12H,1-3H3,(H,26,27,28). The van der Waals surface area contributed by atoms with Crippen molar-refractivity contribution in [3.63, 3.8) is 0 Å². The SMILES string of the molecule is Cc1ccc2oc(=O)c(C=Nc3ccc(S(=O)(=O)Nc4nc(C)cc(C)n4)cc3)c(Cl)c2c1. The summed E-state index contributed by atoms with van der Waals surface area (Å²) < 4.78 is 33.0. The number of aryl methyl sites for hydroxylation is 3. The first-order chi connectivity index (χ1) is 15.6. The van der Waals surface area contributed by atoms with Gasteiger partial charge in [0.15, 0.2) is 0 Å². The summed E-state index contributed by atoms with van der Waals surface area (Å²) in [6.45, 7) is 5.41. The summed E-state index contributed by atoms with van der Waals surface area (Å²) in [6, 6.07) is 12.9. The van der Waals surface area contributed by atoms with Crippen LogP contribution in [0, 0.1) is 20.8 Å². The molecule has 0 saturated heterocycles. The number of hydrogen-bond donors (Lipinski definition) is 1. The van der Waals surface area contributed by atoms with Gasteiger partial charge in [-0.1, -0.05) is 23.2 Å². The van der Waals surface area contributed by atoms with Gasteiger partial charge in [0.05, 0.1) is 21.2 Å². The Labute approximate surface area is 195 Å². The van der Waals surface area contributed by atoms with Crippen LogP contribution in [0.1, 0.15) is 22.5 Å². The molecule has 0 radical (unpaired) electrons. The van der Waals surface area contributed by atoms with E-state index in [-0.39, 0.29) is 21.4 Å². The van der Waals surface area contributed by atoms with E-state index >= 15 is 0 Å². The van der Waals surface area contributed by atoms with Gasteiger partial charge in [-0.25, -0.2) is 27.9 Å². The van der Waals surface area contributed by atoms with E-state index in [1.165, 1.54) is 30.5 Å². The van der Waals surface area contributed by atoms with Crippen molar-refractivity contribution in [1.82, 2.24) is 9.97 Å². The van der Waals surface area contributed by atoms with E-state index in [0.717, 1.165) is 5.56 Å². The van der Waals surface area contributed by atoms with Gasteiger partial charge in [-0.2, -0.15) is 0 Å². The third-order valence-corrected chi connectivity index (χ3v) is 6.48. The zero-order valence-corrected chi connectivity index (χ0v) is 19.5. The van der Waals surface area contributed by atoms with Gasteiger partial charge in [0.2, 0.25) is 5.95 Å². The van der Waals surface area contributed by atoms with Crippen molar-refractivity contribution < 1.29 is 12.8 Å². The van der Waals surface area contributed by atoms with Gasteiger partial charge in [0.25, 0.3) is 10.0 Å². The smallest absolute Gasteiger partial charge is 0.346 e. The van der Waals surface area contributed by atoms with Crippen molar-refractivity contribution >= 4 is 50.4 Å². The summed E-state index contributed by atoms with van der Waals surface area (Å²) in [5.74, 6) is 0.00232. The molecule has 10 heteroatoms. The molecule has 0 aliphatic heterocycles. The van der Waals surface area contributed by atoms with E-state index in [1.54, 1.807) is 26.0 Å². The molecule has 168 valence electrons. The summed E-state index contributed by atoms with van der Waals surface area (Å²) in [5.41, 5.74) is 2.59. The van der Waals surface area contributed by atoms with E-state index in [0.29, 0.717) is 28.0 Å². The lowest BCUT2D eigenvalue weighted by Crippen LogP contribution is -2.15. The number of rotatable bonds is 5. The predicted octanol–water partition coefficient (Wildman–Crippen LogP) is 4.71. The van der Waals surface area contributed by atoms with Crippen LogP contribution in [-0.2, 0) is 10.0 Å². The second-order valence-electron chi connectivity index (χ2n) is 7.45. The Hall–Kier alpha value is -3.56. The van der Waals surface area contributed by atoms with Crippen molar-refractivity contribution in [3.05, 3.63) is 86.5 Å². The second-order valence-corrected chi connectivity index (χ2v) is 9.51. The molecule has 2 heterocycles. The van der Waals surface area contributed by atoms with Crippen molar-refractivity contribution in [2.45, 2.75) is 25.7 Å². The summed E-state index contributed by atoms with van der Waals surface area (Å²) in [5, 5.41) is 0.851. The molecule has 0 saturated carbocycles. The number of anilines is 1. The first-order valence-corrected chi connectivity index (χ1v) is 11.7. The maximum absolute atomic E-state index is 12.7. The number of halogens is 1. The molecule has 2 aromatic carbocycles. The minimum atomic E-state index is -3.89. The van der Waals surface area contributed by atoms with Crippen molar-refractivity contribution in [1.29, 1.82) is 0 Å². The molecule has 0 aliphatic rings. The van der Waals surface area contributed by atoms with E-state index in [1.807, 2.05) is 19.1 Å². The van der Waals surface area contributed by atoms with Crippen LogP contribution in [0.25, 0.3) is 11.0 Å². The fraction of sp³-hybridized carbons (Fsp3) is 0.130. The zero-order chi connectivity index (χ0) is 23.8. The molecular formula is C23H19ClN4O4S. The highest BCUT2D eigenvalue weighted by atomic mass is 35.5.